The average Bonchev–Trinajstić information content (AvgIpc) is 3.59. The molecule has 1 saturated heterocycles. The highest BCUT2D eigenvalue weighted by Gasteiger charge is 2.54. The molecule has 6 aromatic carbocycles. The lowest BCUT2D eigenvalue weighted by Crippen LogP contribution is -2.41. The average molecular weight is 689 g/mol. The Hall–Kier alpha value is -5.62. The minimum absolute atomic E-state index is 0.353. The van der Waals surface area contributed by atoms with Crippen LogP contribution < -0.4 is 5.46 Å². The molecule has 1 atom stereocenters. The van der Waals surface area contributed by atoms with Crippen molar-refractivity contribution in [3.8, 4) is 56.2 Å². The van der Waals surface area contributed by atoms with E-state index in [0.29, 0.717) is 5.82 Å². The first-order chi connectivity index (χ1) is 25.6. The van der Waals surface area contributed by atoms with Crippen LogP contribution in [0.4, 0.5) is 0 Å². The topological polar surface area (TPSA) is 44.2 Å². The number of aromatic nitrogens is 2. The molecule has 4 nitrogen and oxygen atoms in total. The highest BCUT2D eigenvalue weighted by Crippen LogP contribution is 2.53. The van der Waals surface area contributed by atoms with Crippen LogP contribution in [-0.2, 0) is 14.7 Å². The van der Waals surface area contributed by atoms with E-state index >= 15 is 0 Å². The third kappa shape index (κ3) is 5.46. The minimum atomic E-state index is -0.576. The lowest BCUT2D eigenvalue weighted by atomic mass is 9.68. The summed E-state index contributed by atoms with van der Waals surface area (Å²) in [5.74, 6) is 0.694. The van der Waals surface area contributed by atoms with Crippen LogP contribution in [0.3, 0.4) is 0 Å². The normalized spacial score (nSPS) is 18.1. The molecule has 2 aliphatic rings. The summed E-state index contributed by atoms with van der Waals surface area (Å²) < 4.78 is 13.9. The first-order valence-electron chi connectivity index (χ1n) is 18.4. The lowest BCUT2D eigenvalue weighted by molar-refractivity contribution is 0.00578. The van der Waals surface area contributed by atoms with Gasteiger partial charge in [0.1, 0.15) is 0 Å². The Morgan fingerprint density at radius 1 is 0.453 bits per heavy atom. The second kappa shape index (κ2) is 12.5. The molecular weight excluding hydrogens is 647 g/mol. The predicted octanol–water partition coefficient (Wildman–Crippen LogP) is 10.8. The Morgan fingerprint density at radius 2 is 1.00 bits per heavy atom. The molecule has 0 spiro atoms. The van der Waals surface area contributed by atoms with Gasteiger partial charge in [0.05, 0.1) is 22.6 Å². The molecule has 1 aromatic heterocycles. The molecule has 258 valence electrons. The van der Waals surface area contributed by atoms with E-state index in [4.69, 9.17) is 19.3 Å². The van der Waals surface area contributed by atoms with E-state index in [0.717, 1.165) is 44.7 Å². The standard InChI is InChI=1S/C48H41BN2O2/c1-46(2)47(3,4)53-49(52-46)44-37(28-29-40-43(44)38-26-15-16-27-39(38)48(40,5)36-24-13-8-14-25-36)34-22-17-23-35(30-34)42-31-41(32-18-9-6-10-19-32)50-45(51-42)33-20-11-7-12-21-33/h6-31H,1-5H3. The maximum Gasteiger partial charge on any atom is 0.496 e. The quantitative estimate of drug-likeness (QED) is 0.163. The highest BCUT2D eigenvalue weighted by molar-refractivity contribution is 6.66. The molecule has 7 aromatic rings. The van der Waals surface area contributed by atoms with Crippen LogP contribution in [0.1, 0.15) is 51.3 Å². The summed E-state index contributed by atoms with van der Waals surface area (Å²) in [6, 6.07) is 55.6. The van der Waals surface area contributed by atoms with Crippen LogP contribution in [0.2, 0.25) is 0 Å². The number of hydrogen-bond donors (Lipinski definition) is 0. The second-order valence-electron chi connectivity index (χ2n) is 15.3. The molecule has 9 rings (SSSR count). The molecule has 53 heavy (non-hydrogen) atoms. The van der Waals surface area contributed by atoms with Gasteiger partial charge in [-0.25, -0.2) is 9.97 Å². The van der Waals surface area contributed by atoms with Gasteiger partial charge in [-0.1, -0.05) is 146 Å². The summed E-state index contributed by atoms with van der Waals surface area (Å²) in [5, 5.41) is 0. The summed E-state index contributed by atoms with van der Waals surface area (Å²) in [6.45, 7) is 10.9. The molecule has 0 amide bonds. The molecular formula is C48H41BN2O2. The first kappa shape index (κ1) is 33.2. The van der Waals surface area contributed by atoms with Crippen molar-refractivity contribution < 1.29 is 9.31 Å². The fourth-order valence-electron chi connectivity index (χ4n) is 8.06. The number of benzene rings is 6. The van der Waals surface area contributed by atoms with Crippen LogP contribution in [0.25, 0.3) is 56.2 Å². The maximum absolute atomic E-state index is 6.93. The molecule has 2 heterocycles. The third-order valence-electron chi connectivity index (χ3n) is 11.7. The van der Waals surface area contributed by atoms with E-state index in [1.165, 1.54) is 27.8 Å². The second-order valence-corrected chi connectivity index (χ2v) is 15.3. The highest BCUT2D eigenvalue weighted by atomic mass is 16.7. The van der Waals surface area contributed by atoms with Crippen LogP contribution in [-0.4, -0.2) is 28.3 Å². The predicted molar refractivity (Wildman–Crippen MR) is 217 cm³/mol. The SMILES string of the molecule is CC1(c2ccccc2)c2ccccc2-c2c1ccc(-c1cccc(-c3cc(-c4ccccc4)nc(-c4ccccc4)n3)c1)c2B1OC(C)(C)C(C)(C)O1. The van der Waals surface area contributed by atoms with Crippen molar-refractivity contribution in [1.29, 1.82) is 0 Å². The van der Waals surface area contributed by atoms with Gasteiger partial charge in [-0.15, -0.1) is 0 Å². The van der Waals surface area contributed by atoms with Gasteiger partial charge < -0.3 is 9.31 Å². The molecule has 0 bridgehead atoms. The summed E-state index contributed by atoms with van der Waals surface area (Å²) in [4.78, 5) is 10.2. The molecule has 5 heteroatoms. The number of hydrogen-bond acceptors (Lipinski definition) is 4. The van der Waals surface area contributed by atoms with Crippen molar-refractivity contribution in [1.82, 2.24) is 9.97 Å². The van der Waals surface area contributed by atoms with Crippen LogP contribution in [0.15, 0.2) is 158 Å². The van der Waals surface area contributed by atoms with Gasteiger partial charge >= 0.3 is 7.12 Å². The zero-order valence-corrected chi connectivity index (χ0v) is 30.8. The van der Waals surface area contributed by atoms with Crippen LogP contribution in [0.5, 0.6) is 0 Å². The van der Waals surface area contributed by atoms with Gasteiger partial charge in [0.25, 0.3) is 0 Å². The molecule has 1 aliphatic heterocycles. The van der Waals surface area contributed by atoms with E-state index in [9.17, 15) is 0 Å². The Labute approximate surface area is 312 Å². The van der Waals surface area contributed by atoms with Crippen LogP contribution in [0, 0.1) is 0 Å². The van der Waals surface area contributed by atoms with Crippen LogP contribution >= 0.6 is 0 Å². The van der Waals surface area contributed by atoms with Gasteiger partial charge in [0, 0.05) is 22.1 Å². The lowest BCUT2D eigenvalue weighted by Gasteiger charge is -2.32. The summed E-state index contributed by atoms with van der Waals surface area (Å²) >= 11 is 0. The number of rotatable bonds is 6. The van der Waals surface area contributed by atoms with E-state index < -0.39 is 18.3 Å². The Bertz CT molecular complexity index is 2410. The van der Waals surface area contributed by atoms with Crippen molar-refractivity contribution in [2.24, 2.45) is 0 Å². The van der Waals surface area contributed by atoms with Gasteiger partial charge in [0.2, 0.25) is 0 Å². The van der Waals surface area contributed by atoms with Crippen molar-refractivity contribution in [2.75, 3.05) is 0 Å². The summed E-state index contributed by atoms with van der Waals surface area (Å²) in [5.41, 5.74) is 12.8. The van der Waals surface area contributed by atoms with Crippen molar-refractivity contribution in [2.45, 2.75) is 51.2 Å². The van der Waals surface area contributed by atoms with E-state index in [2.05, 4.69) is 156 Å². The van der Waals surface area contributed by atoms with Crippen molar-refractivity contribution >= 4 is 12.6 Å². The van der Waals surface area contributed by atoms with E-state index in [1.807, 2.05) is 36.4 Å². The van der Waals surface area contributed by atoms with E-state index in [-0.39, 0.29) is 5.41 Å². The van der Waals surface area contributed by atoms with Gasteiger partial charge in [-0.2, -0.15) is 0 Å². The molecule has 0 N–H and O–H groups in total. The zero-order valence-electron chi connectivity index (χ0n) is 30.8. The molecule has 1 unspecified atom stereocenters. The molecule has 0 radical (unpaired) electrons. The fourth-order valence-corrected chi connectivity index (χ4v) is 8.06. The van der Waals surface area contributed by atoms with Crippen molar-refractivity contribution in [3.63, 3.8) is 0 Å². The zero-order chi connectivity index (χ0) is 36.4. The number of fused-ring (bicyclic) bond motifs is 3. The maximum atomic E-state index is 6.93. The monoisotopic (exact) mass is 688 g/mol. The minimum Gasteiger partial charge on any atom is -0.399 e. The third-order valence-corrected chi connectivity index (χ3v) is 11.7. The van der Waals surface area contributed by atoms with Crippen molar-refractivity contribution in [3.05, 3.63) is 174 Å². The largest absolute Gasteiger partial charge is 0.496 e. The van der Waals surface area contributed by atoms with Gasteiger partial charge in [-0.05, 0) is 91.2 Å². The Kier molecular flexibility index (Phi) is 7.85. The summed E-state index contributed by atoms with van der Waals surface area (Å²) in [7, 11) is -0.576. The van der Waals surface area contributed by atoms with Gasteiger partial charge in [-0.3, -0.25) is 0 Å². The summed E-state index contributed by atoms with van der Waals surface area (Å²) in [6.07, 6.45) is 0. The molecule has 1 fully saturated rings. The molecule has 0 saturated carbocycles. The van der Waals surface area contributed by atoms with Gasteiger partial charge in [0.15, 0.2) is 5.82 Å². The molecule has 1 aliphatic carbocycles. The smallest absolute Gasteiger partial charge is 0.399 e. The fraction of sp³-hybridized carbons (Fsp3) is 0.167. The van der Waals surface area contributed by atoms with E-state index in [1.54, 1.807) is 0 Å². The Morgan fingerprint density at radius 3 is 1.68 bits per heavy atom. The Balaban J connectivity index is 1.26. The number of nitrogens with zero attached hydrogens (tertiary/aromatic N) is 2. The first-order valence-corrected chi connectivity index (χ1v) is 18.4.